The van der Waals surface area contributed by atoms with Gasteiger partial charge in [0.1, 0.15) is 5.92 Å². The maximum Gasteiger partial charge on any atom is 0.154 e. The van der Waals surface area contributed by atoms with Crippen molar-refractivity contribution in [2.24, 2.45) is 0 Å². The summed E-state index contributed by atoms with van der Waals surface area (Å²) >= 11 is 5.92. The molecule has 0 saturated heterocycles. The normalized spacial score (nSPS) is 11.7. The van der Waals surface area contributed by atoms with Crippen LogP contribution in [0, 0.1) is 18.3 Å². The van der Waals surface area contributed by atoms with Crippen LogP contribution in [0.15, 0.2) is 48.5 Å². The summed E-state index contributed by atoms with van der Waals surface area (Å²) in [6.45, 7) is 2.02. The number of benzene rings is 2. The van der Waals surface area contributed by atoms with Crippen molar-refractivity contribution in [3.05, 3.63) is 70.2 Å². The summed E-state index contributed by atoms with van der Waals surface area (Å²) in [7, 11) is 0. The molecule has 0 aliphatic carbocycles. The first kappa shape index (κ1) is 15.3. The first-order chi connectivity index (χ1) is 10.1. The molecule has 2 aromatic rings. The molecule has 2 rings (SSSR count). The molecule has 0 bridgehead atoms. The van der Waals surface area contributed by atoms with Gasteiger partial charge in [0.25, 0.3) is 0 Å². The van der Waals surface area contributed by atoms with Gasteiger partial charge < -0.3 is 0 Å². The molecule has 106 valence electrons. The van der Waals surface area contributed by atoms with E-state index in [1.54, 1.807) is 24.3 Å². The fraction of sp³-hybridized carbons (Fsp3) is 0.222. The third-order valence-corrected chi connectivity index (χ3v) is 3.61. The van der Waals surface area contributed by atoms with E-state index in [1.807, 2.05) is 25.1 Å². The van der Waals surface area contributed by atoms with Gasteiger partial charge in [0, 0.05) is 11.4 Å². The minimum atomic E-state index is -0.742. The first-order valence-corrected chi connectivity index (χ1v) is 7.21. The summed E-state index contributed by atoms with van der Waals surface area (Å²) < 4.78 is 0. The molecule has 0 aliphatic heterocycles. The van der Waals surface area contributed by atoms with E-state index in [2.05, 4.69) is 12.1 Å². The maximum absolute atomic E-state index is 12.3. The highest BCUT2D eigenvalue weighted by atomic mass is 35.5. The predicted octanol–water partition coefficient (Wildman–Crippen LogP) is 4.46. The predicted molar refractivity (Wildman–Crippen MR) is 84.3 cm³/mol. The standard InChI is InChI=1S/C18H16ClNO/c1-13-4-2-5-14(10-13)8-9-18(21)17(12-20)15-6-3-7-16(19)11-15/h2-7,10-11,17H,8-9H2,1H3. The van der Waals surface area contributed by atoms with Crippen LogP contribution in [0.25, 0.3) is 0 Å². The van der Waals surface area contributed by atoms with Gasteiger partial charge in [0.05, 0.1) is 6.07 Å². The lowest BCUT2D eigenvalue weighted by atomic mass is 9.92. The summed E-state index contributed by atoms with van der Waals surface area (Å²) in [6.07, 6.45) is 1.01. The Kier molecular flexibility index (Phi) is 5.14. The largest absolute Gasteiger partial charge is 0.298 e. The Morgan fingerprint density at radius 1 is 1.24 bits per heavy atom. The second kappa shape index (κ2) is 7.06. The van der Waals surface area contributed by atoms with Crippen LogP contribution in [-0.4, -0.2) is 5.78 Å². The smallest absolute Gasteiger partial charge is 0.154 e. The number of rotatable bonds is 5. The van der Waals surface area contributed by atoms with Crippen LogP contribution >= 0.6 is 11.6 Å². The van der Waals surface area contributed by atoms with Gasteiger partial charge in [-0.1, -0.05) is 53.6 Å². The molecule has 1 unspecified atom stereocenters. The molecule has 0 radical (unpaired) electrons. The Balaban J connectivity index is 2.06. The number of halogens is 1. The Morgan fingerprint density at radius 2 is 2.00 bits per heavy atom. The number of hydrogen-bond donors (Lipinski definition) is 0. The van der Waals surface area contributed by atoms with Crippen LogP contribution in [0.4, 0.5) is 0 Å². The number of nitriles is 1. The van der Waals surface area contributed by atoms with Crippen molar-refractivity contribution < 1.29 is 4.79 Å². The van der Waals surface area contributed by atoms with E-state index >= 15 is 0 Å². The van der Waals surface area contributed by atoms with Gasteiger partial charge >= 0.3 is 0 Å². The minimum absolute atomic E-state index is 0.0683. The van der Waals surface area contributed by atoms with Crippen molar-refractivity contribution in [2.75, 3.05) is 0 Å². The molecule has 0 fully saturated rings. The van der Waals surface area contributed by atoms with Crippen molar-refractivity contribution in [3.8, 4) is 6.07 Å². The van der Waals surface area contributed by atoms with Crippen molar-refractivity contribution in [2.45, 2.75) is 25.7 Å². The zero-order chi connectivity index (χ0) is 15.2. The number of nitrogens with zero attached hydrogens (tertiary/aromatic N) is 1. The van der Waals surface area contributed by atoms with Gasteiger partial charge in [0.2, 0.25) is 0 Å². The zero-order valence-electron chi connectivity index (χ0n) is 11.8. The topological polar surface area (TPSA) is 40.9 Å². The number of aryl methyl sites for hydroxylation is 2. The Bertz CT molecular complexity index is 688. The molecule has 0 aromatic heterocycles. The second-order valence-electron chi connectivity index (χ2n) is 5.07. The summed E-state index contributed by atoms with van der Waals surface area (Å²) in [5.74, 6) is -0.810. The molecule has 21 heavy (non-hydrogen) atoms. The van der Waals surface area contributed by atoms with Crippen LogP contribution in [0.1, 0.15) is 29.0 Å². The van der Waals surface area contributed by atoms with Crippen LogP contribution in [-0.2, 0) is 11.2 Å². The molecule has 0 N–H and O–H groups in total. The molecule has 0 aliphatic rings. The van der Waals surface area contributed by atoms with E-state index in [4.69, 9.17) is 11.6 Å². The molecule has 2 aromatic carbocycles. The van der Waals surface area contributed by atoms with Crippen LogP contribution in [0.5, 0.6) is 0 Å². The third kappa shape index (κ3) is 4.18. The van der Waals surface area contributed by atoms with Gasteiger partial charge in [0.15, 0.2) is 5.78 Å². The fourth-order valence-corrected chi connectivity index (χ4v) is 2.50. The average Bonchev–Trinajstić information content (AvgIpc) is 2.46. The van der Waals surface area contributed by atoms with Gasteiger partial charge in [-0.2, -0.15) is 5.26 Å². The lowest BCUT2D eigenvalue weighted by Crippen LogP contribution is -2.11. The van der Waals surface area contributed by atoms with E-state index in [0.29, 0.717) is 23.4 Å². The van der Waals surface area contributed by atoms with Gasteiger partial charge in [-0.25, -0.2) is 0 Å². The SMILES string of the molecule is Cc1cccc(CCC(=O)C(C#N)c2cccc(Cl)c2)c1. The third-order valence-electron chi connectivity index (χ3n) is 3.38. The van der Waals surface area contributed by atoms with Gasteiger partial charge in [-0.05, 0) is 36.6 Å². The highest BCUT2D eigenvalue weighted by Crippen LogP contribution is 2.22. The number of carbonyl (C=O) groups is 1. The first-order valence-electron chi connectivity index (χ1n) is 6.83. The lowest BCUT2D eigenvalue weighted by Gasteiger charge is -2.09. The lowest BCUT2D eigenvalue weighted by molar-refractivity contribution is -0.119. The van der Waals surface area contributed by atoms with Gasteiger partial charge in [-0.3, -0.25) is 4.79 Å². The van der Waals surface area contributed by atoms with E-state index < -0.39 is 5.92 Å². The fourth-order valence-electron chi connectivity index (χ4n) is 2.30. The Morgan fingerprint density at radius 3 is 2.67 bits per heavy atom. The maximum atomic E-state index is 12.3. The van der Waals surface area contributed by atoms with E-state index in [1.165, 1.54) is 5.56 Å². The molecule has 0 heterocycles. The molecule has 3 heteroatoms. The Labute approximate surface area is 130 Å². The summed E-state index contributed by atoms with van der Waals surface area (Å²) in [5.41, 5.74) is 2.96. The number of Topliss-reactive ketones (excluding diaryl/α,β-unsaturated/α-hetero) is 1. The van der Waals surface area contributed by atoms with Crippen molar-refractivity contribution in [3.63, 3.8) is 0 Å². The highest BCUT2D eigenvalue weighted by Gasteiger charge is 2.19. The highest BCUT2D eigenvalue weighted by molar-refractivity contribution is 6.30. The quantitative estimate of drug-likeness (QED) is 0.817. The van der Waals surface area contributed by atoms with Crippen LogP contribution < -0.4 is 0 Å². The van der Waals surface area contributed by atoms with Gasteiger partial charge in [-0.15, -0.1) is 0 Å². The Hall–Kier alpha value is -2.11. The monoisotopic (exact) mass is 297 g/mol. The number of hydrogen-bond acceptors (Lipinski definition) is 2. The van der Waals surface area contributed by atoms with E-state index in [9.17, 15) is 10.1 Å². The van der Waals surface area contributed by atoms with Crippen molar-refractivity contribution >= 4 is 17.4 Å². The molecular formula is C18H16ClNO. The molecule has 0 saturated carbocycles. The summed E-state index contributed by atoms with van der Waals surface area (Å²) in [6, 6.07) is 17.1. The molecule has 0 spiro atoms. The van der Waals surface area contributed by atoms with E-state index in [0.717, 1.165) is 5.56 Å². The second-order valence-corrected chi connectivity index (χ2v) is 5.51. The molecule has 1 atom stereocenters. The zero-order valence-corrected chi connectivity index (χ0v) is 12.6. The average molecular weight is 298 g/mol. The van der Waals surface area contributed by atoms with Crippen molar-refractivity contribution in [1.82, 2.24) is 0 Å². The molecule has 2 nitrogen and oxygen atoms in total. The minimum Gasteiger partial charge on any atom is -0.298 e. The van der Waals surface area contributed by atoms with E-state index in [-0.39, 0.29) is 5.78 Å². The van der Waals surface area contributed by atoms with Crippen LogP contribution in [0.2, 0.25) is 5.02 Å². The molecule has 0 amide bonds. The van der Waals surface area contributed by atoms with Crippen LogP contribution in [0.3, 0.4) is 0 Å². The number of carbonyl (C=O) groups excluding carboxylic acids is 1. The molecular weight excluding hydrogens is 282 g/mol. The van der Waals surface area contributed by atoms with Crippen molar-refractivity contribution in [1.29, 1.82) is 5.26 Å². The number of ketones is 1. The summed E-state index contributed by atoms with van der Waals surface area (Å²) in [5, 5.41) is 9.81. The summed E-state index contributed by atoms with van der Waals surface area (Å²) in [4.78, 5) is 12.3.